The van der Waals surface area contributed by atoms with Crippen LogP contribution in [0.15, 0.2) is 24.3 Å². The van der Waals surface area contributed by atoms with Gasteiger partial charge in [-0.25, -0.2) is 4.79 Å². The fourth-order valence-corrected chi connectivity index (χ4v) is 3.37. The molecular formula is C18H20ClN3O3S. The average Bonchev–Trinajstić information content (AvgIpc) is 2.92. The highest BCUT2D eigenvalue weighted by molar-refractivity contribution is 7.18. The molecule has 0 atom stereocenters. The second-order valence-electron chi connectivity index (χ2n) is 5.52. The number of nitriles is 1. The molecule has 1 heterocycles. The van der Waals surface area contributed by atoms with E-state index in [2.05, 4.69) is 6.07 Å². The van der Waals surface area contributed by atoms with Crippen LogP contribution in [0.25, 0.3) is 0 Å². The molecule has 0 unspecified atom stereocenters. The number of nitrogen functional groups attached to an aromatic ring is 1. The molecule has 0 aliphatic heterocycles. The van der Waals surface area contributed by atoms with Gasteiger partial charge < -0.3 is 15.2 Å². The number of carbonyl (C=O) groups is 1. The zero-order valence-corrected chi connectivity index (χ0v) is 16.2. The number of nitrogens with two attached hydrogens (primary N) is 1. The summed E-state index contributed by atoms with van der Waals surface area (Å²) in [5, 5.41) is 10.3. The largest absolute Gasteiger partial charge is 0.492 e. The van der Waals surface area contributed by atoms with Crippen LogP contribution in [0.2, 0.25) is 5.02 Å². The van der Waals surface area contributed by atoms with E-state index in [0.29, 0.717) is 45.7 Å². The SMILES string of the molecule is CCOC(=O)c1sc(N)c(C#N)c1CN(C)CCOc1ccc(Cl)cc1. The number of nitrogens with zero attached hydrogens (tertiary/aromatic N) is 2. The molecule has 1 aromatic carbocycles. The van der Waals surface area contributed by atoms with Crippen LogP contribution >= 0.6 is 22.9 Å². The lowest BCUT2D eigenvalue weighted by Gasteiger charge is -2.17. The van der Waals surface area contributed by atoms with Gasteiger partial charge in [0.05, 0.1) is 12.2 Å². The van der Waals surface area contributed by atoms with Gasteiger partial charge in [0.25, 0.3) is 0 Å². The number of ether oxygens (including phenoxy) is 2. The highest BCUT2D eigenvalue weighted by atomic mass is 35.5. The predicted molar refractivity (Wildman–Crippen MR) is 103 cm³/mol. The van der Waals surface area contributed by atoms with Crippen molar-refractivity contribution in [3.63, 3.8) is 0 Å². The van der Waals surface area contributed by atoms with Crippen LogP contribution in [0.5, 0.6) is 5.75 Å². The van der Waals surface area contributed by atoms with Crippen LogP contribution in [0.4, 0.5) is 5.00 Å². The normalized spacial score (nSPS) is 10.6. The van der Waals surface area contributed by atoms with Crippen molar-refractivity contribution in [2.24, 2.45) is 0 Å². The molecule has 2 aromatic rings. The van der Waals surface area contributed by atoms with Crippen LogP contribution in [0.3, 0.4) is 0 Å². The minimum atomic E-state index is -0.452. The number of likely N-dealkylation sites (N-methyl/N-ethyl adjacent to an activating group) is 1. The summed E-state index contributed by atoms with van der Waals surface area (Å²) in [6.07, 6.45) is 0. The molecule has 1 aromatic heterocycles. The molecule has 0 spiro atoms. The summed E-state index contributed by atoms with van der Waals surface area (Å²) in [6, 6.07) is 9.21. The number of carbonyl (C=O) groups excluding carboxylic acids is 1. The maximum Gasteiger partial charge on any atom is 0.348 e. The van der Waals surface area contributed by atoms with Crippen molar-refractivity contribution in [2.45, 2.75) is 13.5 Å². The molecule has 0 aliphatic rings. The summed E-state index contributed by atoms with van der Waals surface area (Å²) in [5.74, 6) is 0.277. The first-order valence-corrected chi connectivity index (χ1v) is 9.21. The summed E-state index contributed by atoms with van der Waals surface area (Å²) in [4.78, 5) is 14.5. The van der Waals surface area contributed by atoms with Gasteiger partial charge in [0.1, 0.15) is 28.3 Å². The van der Waals surface area contributed by atoms with Crippen molar-refractivity contribution in [1.29, 1.82) is 5.26 Å². The molecule has 8 heteroatoms. The van der Waals surface area contributed by atoms with Gasteiger partial charge in [-0.15, -0.1) is 11.3 Å². The molecular weight excluding hydrogens is 374 g/mol. The average molecular weight is 394 g/mol. The zero-order valence-electron chi connectivity index (χ0n) is 14.6. The van der Waals surface area contributed by atoms with E-state index < -0.39 is 5.97 Å². The third kappa shape index (κ3) is 5.11. The van der Waals surface area contributed by atoms with Crippen LogP contribution in [-0.2, 0) is 11.3 Å². The molecule has 0 fully saturated rings. The van der Waals surface area contributed by atoms with Gasteiger partial charge in [0.2, 0.25) is 0 Å². The molecule has 6 nitrogen and oxygen atoms in total. The van der Waals surface area contributed by atoms with E-state index in [1.165, 1.54) is 0 Å². The Morgan fingerprint density at radius 3 is 2.69 bits per heavy atom. The van der Waals surface area contributed by atoms with Gasteiger partial charge >= 0.3 is 5.97 Å². The smallest absolute Gasteiger partial charge is 0.348 e. The second kappa shape index (κ2) is 9.43. The van der Waals surface area contributed by atoms with E-state index in [-0.39, 0.29) is 6.61 Å². The Hall–Kier alpha value is -2.27. The summed E-state index contributed by atoms with van der Waals surface area (Å²) in [6.45, 7) is 3.46. The van der Waals surface area contributed by atoms with Crippen molar-refractivity contribution in [3.05, 3.63) is 45.3 Å². The van der Waals surface area contributed by atoms with Crippen LogP contribution in [0.1, 0.15) is 27.7 Å². The van der Waals surface area contributed by atoms with Crippen molar-refractivity contribution in [2.75, 3.05) is 32.5 Å². The maximum atomic E-state index is 12.1. The van der Waals surface area contributed by atoms with E-state index in [9.17, 15) is 10.1 Å². The lowest BCUT2D eigenvalue weighted by molar-refractivity contribution is 0.0530. The molecule has 0 radical (unpaired) electrons. The Bertz CT molecular complexity index is 799. The molecule has 0 aliphatic carbocycles. The minimum absolute atomic E-state index is 0.267. The second-order valence-corrected chi connectivity index (χ2v) is 7.01. The molecule has 2 N–H and O–H groups in total. The van der Waals surface area contributed by atoms with E-state index in [4.69, 9.17) is 26.8 Å². The van der Waals surface area contributed by atoms with E-state index >= 15 is 0 Å². The first kappa shape index (κ1) is 20.0. The van der Waals surface area contributed by atoms with Gasteiger partial charge in [-0.2, -0.15) is 5.26 Å². The number of hydrogen-bond acceptors (Lipinski definition) is 7. The lowest BCUT2D eigenvalue weighted by Crippen LogP contribution is -2.25. The van der Waals surface area contributed by atoms with Gasteiger partial charge in [0, 0.05) is 23.7 Å². The Morgan fingerprint density at radius 2 is 2.08 bits per heavy atom. The molecule has 0 bridgehead atoms. The van der Waals surface area contributed by atoms with Crippen molar-refractivity contribution in [3.8, 4) is 11.8 Å². The molecule has 0 saturated carbocycles. The fraction of sp³-hybridized carbons (Fsp3) is 0.333. The number of anilines is 1. The summed E-state index contributed by atoms with van der Waals surface area (Å²) >= 11 is 6.93. The lowest BCUT2D eigenvalue weighted by atomic mass is 10.1. The van der Waals surface area contributed by atoms with Crippen molar-refractivity contribution >= 4 is 33.9 Å². The standard InChI is InChI=1S/C18H20ClN3O3S/c1-3-24-18(23)16-15(14(10-20)17(21)26-16)11-22(2)8-9-25-13-6-4-12(19)5-7-13/h4-7H,3,8-9,11,21H2,1-2H3. The third-order valence-electron chi connectivity index (χ3n) is 3.59. The summed E-state index contributed by atoms with van der Waals surface area (Å²) < 4.78 is 10.7. The monoisotopic (exact) mass is 393 g/mol. The van der Waals surface area contributed by atoms with E-state index in [1.54, 1.807) is 31.2 Å². The van der Waals surface area contributed by atoms with Gasteiger partial charge in [0.15, 0.2) is 0 Å². The number of thiophene rings is 1. The number of esters is 1. The summed E-state index contributed by atoms with van der Waals surface area (Å²) in [5.41, 5.74) is 6.82. The van der Waals surface area contributed by atoms with Crippen LogP contribution in [0, 0.1) is 11.3 Å². The number of hydrogen-bond donors (Lipinski definition) is 1. The van der Waals surface area contributed by atoms with E-state index in [0.717, 1.165) is 17.1 Å². The number of benzene rings is 1. The molecule has 0 saturated heterocycles. The molecule has 0 amide bonds. The summed E-state index contributed by atoms with van der Waals surface area (Å²) in [7, 11) is 1.88. The van der Waals surface area contributed by atoms with Gasteiger partial charge in [-0.05, 0) is 38.2 Å². The van der Waals surface area contributed by atoms with Crippen molar-refractivity contribution in [1.82, 2.24) is 4.90 Å². The number of halogens is 1. The molecule has 2 rings (SSSR count). The quantitative estimate of drug-likeness (QED) is 0.690. The Labute approximate surface area is 161 Å². The Kier molecular flexibility index (Phi) is 7.27. The Morgan fingerprint density at radius 1 is 1.38 bits per heavy atom. The minimum Gasteiger partial charge on any atom is -0.492 e. The highest BCUT2D eigenvalue weighted by Gasteiger charge is 2.23. The van der Waals surface area contributed by atoms with Crippen molar-refractivity contribution < 1.29 is 14.3 Å². The van der Waals surface area contributed by atoms with Gasteiger partial charge in [-0.3, -0.25) is 4.90 Å². The third-order valence-corrected chi connectivity index (χ3v) is 4.88. The molecule has 138 valence electrons. The van der Waals surface area contributed by atoms with Gasteiger partial charge in [-0.1, -0.05) is 11.6 Å². The molecule has 26 heavy (non-hydrogen) atoms. The number of rotatable bonds is 8. The predicted octanol–water partition coefficient (Wildman–Crippen LogP) is 3.54. The Balaban J connectivity index is 2.01. The first-order valence-electron chi connectivity index (χ1n) is 8.01. The maximum absolute atomic E-state index is 12.1. The van der Waals surface area contributed by atoms with Crippen LogP contribution in [-0.4, -0.2) is 37.7 Å². The first-order chi connectivity index (χ1) is 12.5. The highest BCUT2D eigenvalue weighted by Crippen LogP contribution is 2.32. The van der Waals surface area contributed by atoms with E-state index in [1.807, 2.05) is 11.9 Å². The van der Waals surface area contributed by atoms with Crippen LogP contribution < -0.4 is 10.5 Å². The fourth-order valence-electron chi connectivity index (χ4n) is 2.32. The zero-order chi connectivity index (χ0) is 19.1. The topological polar surface area (TPSA) is 88.6 Å².